The second-order valence-electron chi connectivity index (χ2n) is 6.14. The molecule has 1 aliphatic rings. The topological polar surface area (TPSA) is 70.7 Å². The number of amides is 1. The fraction of sp³-hybridized carbons (Fsp3) is 0.263. The van der Waals surface area contributed by atoms with Gasteiger partial charge in [0.15, 0.2) is 5.96 Å². The molecule has 1 amide bonds. The molecule has 0 bridgehead atoms. The molecule has 1 aliphatic heterocycles. The summed E-state index contributed by atoms with van der Waals surface area (Å²) in [6.07, 6.45) is 1.48. The van der Waals surface area contributed by atoms with Crippen LogP contribution in [0.25, 0.3) is 0 Å². The Morgan fingerprint density at radius 2 is 1.93 bits per heavy atom. The summed E-state index contributed by atoms with van der Waals surface area (Å²) in [6, 6.07) is 10.7. The molecule has 5 nitrogen and oxygen atoms in total. The summed E-state index contributed by atoms with van der Waals surface area (Å²) in [5.74, 6) is -1.03. The van der Waals surface area contributed by atoms with Crippen molar-refractivity contribution in [3.8, 4) is 0 Å². The lowest BCUT2D eigenvalue weighted by atomic mass is 10.1. The molecule has 27 heavy (non-hydrogen) atoms. The van der Waals surface area contributed by atoms with E-state index in [0.29, 0.717) is 13.0 Å². The van der Waals surface area contributed by atoms with Crippen LogP contribution in [0, 0.1) is 11.6 Å². The molecule has 2 aromatic rings. The Balaban J connectivity index is 0.00000261. The van der Waals surface area contributed by atoms with Crippen molar-refractivity contribution < 1.29 is 13.6 Å². The maximum atomic E-state index is 13.6. The van der Waals surface area contributed by atoms with Gasteiger partial charge in [0, 0.05) is 25.6 Å². The van der Waals surface area contributed by atoms with Crippen LogP contribution in [-0.4, -0.2) is 23.3 Å². The Bertz CT molecular complexity index is 844. The maximum absolute atomic E-state index is 13.6. The summed E-state index contributed by atoms with van der Waals surface area (Å²) < 4.78 is 26.9. The number of carbonyl (C=O) groups is 1. The van der Waals surface area contributed by atoms with Gasteiger partial charge in [-0.05, 0) is 29.7 Å². The second-order valence-corrected chi connectivity index (χ2v) is 6.14. The third kappa shape index (κ3) is 5.62. The van der Waals surface area contributed by atoms with Crippen LogP contribution in [0.1, 0.15) is 24.0 Å². The normalized spacial score (nSPS) is 14.2. The van der Waals surface area contributed by atoms with Crippen molar-refractivity contribution in [1.82, 2.24) is 4.90 Å². The Kier molecular flexibility index (Phi) is 7.52. The first-order valence-corrected chi connectivity index (χ1v) is 8.39. The van der Waals surface area contributed by atoms with Crippen LogP contribution in [0.4, 0.5) is 14.5 Å². The maximum Gasteiger partial charge on any atom is 0.222 e. The van der Waals surface area contributed by atoms with Crippen LogP contribution in [0.5, 0.6) is 0 Å². The number of hydrogen-bond donors (Lipinski definition) is 2. The van der Waals surface area contributed by atoms with Gasteiger partial charge in [-0.25, -0.2) is 13.8 Å². The molecular formula is C19H21F2IN4O. The lowest BCUT2D eigenvalue weighted by molar-refractivity contribution is -0.128. The minimum atomic E-state index is -0.613. The first-order valence-electron chi connectivity index (χ1n) is 8.39. The quantitative estimate of drug-likeness (QED) is 0.386. The summed E-state index contributed by atoms with van der Waals surface area (Å²) in [6.45, 7) is 1.57. The van der Waals surface area contributed by atoms with Crippen molar-refractivity contribution in [3.05, 3.63) is 65.2 Å². The molecule has 0 unspecified atom stereocenters. The molecule has 8 heteroatoms. The number of aliphatic imine (C=N–C) groups is 1. The van der Waals surface area contributed by atoms with E-state index in [1.54, 1.807) is 0 Å². The Hall–Kier alpha value is -2.23. The minimum Gasteiger partial charge on any atom is -0.370 e. The van der Waals surface area contributed by atoms with Crippen LogP contribution in [0.2, 0.25) is 0 Å². The first kappa shape index (κ1) is 21.1. The fourth-order valence-corrected chi connectivity index (χ4v) is 2.88. The molecular weight excluding hydrogens is 465 g/mol. The highest BCUT2D eigenvalue weighted by molar-refractivity contribution is 14.0. The zero-order valence-corrected chi connectivity index (χ0v) is 17.0. The van der Waals surface area contributed by atoms with E-state index in [4.69, 9.17) is 5.73 Å². The van der Waals surface area contributed by atoms with Gasteiger partial charge in [0.1, 0.15) is 11.6 Å². The first-order chi connectivity index (χ1) is 12.5. The van der Waals surface area contributed by atoms with Crippen LogP contribution >= 0.6 is 24.0 Å². The number of hydrogen-bond acceptors (Lipinski definition) is 2. The number of nitrogens with one attached hydrogen (secondary N) is 1. The molecule has 1 saturated heterocycles. The molecule has 0 spiro atoms. The number of carbonyl (C=O) groups excluding carboxylic acids is 1. The Morgan fingerprint density at radius 3 is 2.63 bits per heavy atom. The SMILES string of the molecule is I.NC(=NCc1ccccc1CN1CCCC1=O)Nc1cc(F)ccc1F. The number of rotatable bonds is 5. The minimum absolute atomic E-state index is 0. The molecule has 2 aromatic carbocycles. The monoisotopic (exact) mass is 486 g/mol. The van der Waals surface area contributed by atoms with E-state index in [0.717, 1.165) is 42.3 Å². The zero-order valence-electron chi connectivity index (χ0n) is 14.6. The van der Waals surface area contributed by atoms with E-state index in [1.807, 2.05) is 29.2 Å². The Labute approximate surface area is 173 Å². The molecule has 1 heterocycles. The summed E-state index contributed by atoms with van der Waals surface area (Å²) >= 11 is 0. The van der Waals surface area contributed by atoms with Gasteiger partial charge in [0.2, 0.25) is 5.91 Å². The smallest absolute Gasteiger partial charge is 0.222 e. The lowest BCUT2D eigenvalue weighted by Crippen LogP contribution is -2.25. The second kappa shape index (κ2) is 9.63. The Morgan fingerprint density at radius 1 is 1.19 bits per heavy atom. The van der Waals surface area contributed by atoms with Gasteiger partial charge in [-0.3, -0.25) is 4.79 Å². The van der Waals surface area contributed by atoms with E-state index in [2.05, 4.69) is 10.3 Å². The van der Waals surface area contributed by atoms with Crippen molar-refractivity contribution >= 4 is 41.5 Å². The largest absolute Gasteiger partial charge is 0.370 e. The predicted octanol–water partition coefficient (Wildman–Crippen LogP) is 3.63. The van der Waals surface area contributed by atoms with Crippen LogP contribution in [0.3, 0.4) is 0 Å². The van der Waals surface area contributed by atoms with Gasteiger partial charge in [-0.1, -0.05) is 24.3 Å². The summed E-state index contributed by atoms with van der Waals surface area (Å²) in [5.41, 5.74) is 7.65. The molecule has 0 atom stereocenters. The molecule has 144 valence electrons. The highest BCUT2D eigenvalue weighted by atomic mass is 127. The van der Waals surface area contributed by atoms with Crippen molar-refractivity contribution in [3.63, 3.8) is 0 Å². The molecule has 1 fully saturated rings. The number of halogens is 3. The van der Waals surface area contributed by atoms with Crippen LogP contribution in [-0.2, 0) is 17.9 Å². The van der Waals surface area contributed by atoms with Crippen LogP contribution < -0.4 is 11.1 Å². The molecule has 3 N–H and O–H groups in total. The van der Waals surface area contributed by atoms with Gasteiger partial charge >= 0.3 is 0 Å². The van der Waals surface area contributed by atoms with Crippen LogP contribution in [0.15, 0.2) is 47.5 Å². The molecule has 0 aromatic heterocycles. The average Bonchev–Trinajstić information content (AvgIpc) is 3.02. The van der Waals surface area contributed by atoms with E-state index < -0.39 is 11.6 Å². The summed E-state index contributed by atoms with van der Waals surface area (Å²) in [4.78, 5) is 17.9. The van der Waals surface area contributed by atoms with Crippen molar-refractivity contribution in [2.45, 2.75) is 25.9 Å². The number of likely N-dealkylation sites (tertiary alicyclic amines) is 1. The third-order valence-corrected chi connectivity index (χ3v) is 4.26. The number of guanidine groups is 1. The van der Waals surface area contributed by atoms with Gasteiger partial charge in [0.05, 0.1) is 12.2 Å². The van der Waals surface area contributed by atoms with Crippen molar-refractivity contribution in [1.29, 1.82) is 0 Å². The lowest BCUT2D eigenvalue weighted by Gasteiger charge is -2.17. The number of benzene rings is 2. The molecule has 0 aliphatic carbocycles. The van der Waals surface area contributed by atoms with Crippen molar-refractivity contribution in [2.75, 3.05) is 11.9 Å². The number of nitrogens with zero attached hydrogens (tertiary/aromatic N) is 2. The van der Waals surface area contributed by atoms with E-state index in [9.17, 15) is 13.6 Å². The predicted molar refractivity (Wildman–Crippen MR) is 112 cm³/mol. The number of anilines is 1. The highest BCUT2D eigenvalue weighted by Crippen LogP contribution is 2.18. The van der Waals surface area contributed by atoms with Crippen molar-refractivity contribution in [2.24, 2.45) is 10.7 Å². The molecule has 0 radical (unpaired) electrons. The van der Waals surface area contributed by atoms with Gasteiger partial charge in [0.25, 0.3) is 0 Å². The zero-order chi connectivity index (χ0) is 18.5. The highest BCUT2D eigenvalue weighted by Gasteiger charge is 2.20. The number of nitrogens with two attached hydrogens (primary N) is 1. The van der Waals surface area contributed by atoms with E-state index in [-0.39, 0.29) is 48.1 Å². The van der Waals surface area contributed by atoms with Gasteiger partial charge in [-0.2, -0.15) is 0 Å². The standard InChI is InChI=1S/C19H20F2N4O.HI/c20-15-7-8-16(21)17(10-15)24-19(22)23-11-13-4-1-2-5-14(13)12-25-9-3-6-18(25)26;/h1-2,4-5,7-8,10H,3,6,9,11-12H2,(H3,22,23,24);1H. The third-order valence-electron chi connectivity index (χ3n) is 4.26. The molecule has 0 saturated carbocycles. The summed E-state index contributed by atoms with van der Waals surface area (Å²) in [5, 5.41) is 2.57. The fourth-order valence-electron chi connectivity index (χ4n) is 2.88. The summed E-state index contributed by atoms with van der Waals surface area (Å²) in [7, 11) is 0. The van der Waals surface area contributed by atoms with E-state index >= 15 is 0 Å². The average molecular weight is 486 g/mol. The molecule has 3 rings (SSSR count). The van der Waals surface area contributed by atoms with Gasteiger partial charge < -0.3 is 16.0 Å². The van der Waals surface area contributed by atoms with E-state index in [1.165, 1.54) is 0 Å². The van der Waals surface area contributed by atoms with Gasteiger partial charge in [-0.15, -0.1) is 24.0 Å².